The van der Waals surface area contributed by atoms with Crippen molar-refractivity contribution in [2.24, 2.45) is 5.73 Å². The maximum absolute atomic E-state index is 11.2. The fourth-order valence-electron chi connectivity index (χ4n) is 0.828. The van der Waals surface area contributed by atoms with Crippen molar-refractivity contribution in [3.8, 4) is 0 Å². The van der Waals surface area contributed by atoms with Gasteiger partial charge in [0.05, 0.1) is 0 Å². The lowest BCUT2D eigenvalue weighted by atomic mass is 10.1. The number of hydrogen-bond donors (Lipinski definition) is 2. The Balaban J connectivity index is 3.68. The first-order chi connectivity index (χ1) is 5.52. The molecule has 0 aromatic rings. The first-order valence-corrected chi connectivity index (χ1v) is 4.53. The molecule has 0 rings (SSSR count). The zero-order chi connectivity index (χ0) is 9.61. The van der Waals surface area contributed by atoms with Gasteiger partial charge in [0.25, 0.3) is 0 Å². The van der Waals surface area contributed by atoms with E-state index in [0.717, 1.165) is 12.8 Å². The molecule has 0 fully saturated rings. The molecule has 0 atom stereocenters. The zero-order valence-electron chi connectivity index (χ0n) is 8.31. The van der Waals surface area contributed by atoms with Crippen molar-refractivity contribution >= 4 is 5.91 Å². The zero-order valence-corrected chi connectivity index (χ0v) is 8.31. The van der Waals surface area contributed by atoms with Gasteiger partial charge in [-0.3, -0.25) is 4.79 Å². The van der Waals surface area contributed by atoms with E-state index >= 15 is 0 Å². The van der Waals surface area contributed by atoms with E-state index in [0.29, 0.717) is 13.0 Å². The Kier molecular flexibility index (Phi) is 4.90. The third kappa shape index (κ3) is 5.13. The second-order valence-corrected chi connectivity index (χ2v) is 3.74. The lowest BCUT2D eigenvalue weighted by Gasteiger charge is -2.24. The molecule has 0 aromatic carbocycles. The molecule has 0 radical (unpaired) electrons. The van der Waals surface area contributed by atoms with Crippen molar-refractivity contribution in [2.75, 3.05) is 6.54 Å². The third-order valence-electron chi connectivity index (χ3n) is 1.75. The number of rotatable bonds is 5. The molecule has 0 heterocycles. The summed E-state index contributed by atoms with van der Waals surface area (Å²) < 4.78 is 0. The van der Waals surface area contributed by atoms with Crippen LogP contribution in [-0.4, -0.2) is 18.0 Å². The summed E-state index contributed by atoms with van der Waals surface area (Å²) in [5, 5.41) is 2.88. The quantitative estimate of drug-likeness (QED) is 0.650. The van der Waals surface area contributed by atoms with Crippen molar-refractivity contribution in [1.82, 2.24) is 5.32 Å². The molecule has 0 saturated heterocycles. The minimum atomic E-state index is -0.259. The highest BCUT2D eigenvalue weighted by atomic mass is 16.1. The summed E-state index contributed by atoms with van der Waals surface area (Å²) in [6.45, 7) is 6.40. The van der Waals surface area contributed by atoms with Crippen LogP contribution in [0.4, 0.5) is 0 Å². The summed E-state index contributed by atoms with van der Waals surface area (Å²) in [6.07, 6.45) is 2.61. The minimum absolute atomic E-state index is 0.104. The van der Waals surface area contributed by atoms with Gasteiger partial charge in [0.1, 0.15) is 0 Å². The highest BCUT2D eigenvalue weighted by Gasteiger charge is 2.17. The van der Waals surface area contributed by atoms with Gasteiger partial charge in [-0.25, -0.2) is 0 Å². The molecule has 3 nitrogen and oxygen atoms in total. The largest absolute Gasteiger partial charge is 0.350 e. The number of amides is 1. The van der Waals surface area contributed by atoms with Gasteiger partial charge < -0.3 is 11.1 Å². The number of unbranched alkanes of at least 4 members (excludes halogenated alkanes) is 1. The lowest BCUT2D eigenvalue weighted by Crippen LogP contribution is -2.48. The van der Waals surface area contributed by atoms with Crippen LogP contribution in [0, 0.1) is 0 Å². The number of carbonyl (C=O) groups is 1. The van der Waals surface area contributed by atoms with Crippen LogP contribution in [0.3, 0.4) is 0 Å². The lowest BCUT2D eigenvalue weighted by molar-refractivity contribution is -0.122. The highest BCUT2D eigenvalue weighted by Crippen LogP contribution is 2.01. The average Bonchev–Trinajstić information content (AvgIpc) is 2.00. The molecule has 12 heavy (non-hydrogen) atoms. The van der Waals surface area contributed by atoms with Gasteiger partial charge in [-0.2, -0.15) is 0 Å². The first kappa shape index (κ1) is 11.4. The molecular formula is C9H20N2O. The van der Waals surface area contributed by atoms with Crippen molar-refractivity contribution < 1.29 is 4.79 Å². The topological polar surface area (TPSA) is 55.1 Å². The van der Waals surface area contributed by atoms with Gasteiger partial charge in [0.2, 0.25) is 5.91 Å². The molecule has 0 aliphatic carbocycles. The van der Waals surface area contributed by atoms with E-state index in [1.165, 1.54) is 0 Å². The van der Waals surface area contributed by atoms with Crippen LogP contribution in [0.2, 0.25) is 0 Å². The molecule has 3 N–H and O–H groups in total. The summed E-state index contributed by atoms with van der Waals surface area (Å²) in [7, 11) is 0. The van der Waals surface area contributed by atoms with Crippen molar-refractivity contribution in [2.45, 2.75) is 45.6 Å². The van der Waals surface area contributed by atoms with E-state index < -0.39 is 0 Å². The van der Waals surface area contributed by atoms with Gasteiger partial charge >= 0.3 is 0 Å². The molecule has 3 heteroatoms. The van der Waals surface area contributed by atoms with Crippen LogP contribution >= 0.6 is 0 Å². The first-order valence-electron chi connectivity index (χ1n) is 4.53. The Morgan fingerprint density at radius 2 is 2.08 bits per heavy atom. The van der Waals surface area contributed by atoms with Gasteiger partial charge in [0, 0.05) is 18.5 Å². The molecule has 0 aliphatic heterocycles. The van der Waals surface area contributed by atoms with Gasteiger partial charge in [-0.15, -0.1) is 0 Å². The molecule has 0 saturated carbocycles. The Labute approximate surface area is 74.7 Å². The number of nitrogens with one attached hydrogen (secondary N) is 1. The Morgan fingerprint density at radius 1 is 1.50 bits per heavy atom. The van der Waals surface area contributed by atoms with Gasteiger partial charge in [0.15, 0.2) is 0 Å². The molecule has 0 bridgehead atoms. The summed E-state index contributed by atoms with van der Waals surface area (Å²) in [5.74, 6) is 0.104. The summed E-state index contributed by atoms with van der Waals surface area (Å²) >= 11 is 0. The number of nitrogens with two attached hydrogens (primary N) is 1. The highest BCUT2D eigenvalue weighted by molar-refractivity contribution is 5.76. The molecule has 72 valence electrons. The van der Waals surface area contributed by atoms with Gasteiger partial charge in [-0.1, -0.05) is 13.3 Å². The van der Waals surface area contributed by atoms with Crippen molar-refractivity contribution in [3.63, 3.8) is 0 Å². The standard InChI is InChI=1S/C9H20N2O/c1-4-5-6-8(12)11-9(2,3)7-10/h4-7,10H2,1-3H3,(H,11,12). The van der Waals surface area contributed by atoms with Gasteiger partial charge in [-0.05, 0) is 20.3 Å². The molecule has 1 amide bonds. The second kappa shape index (κ2) is 5.14. The van der Waals surface area contributed by atoms with E-state index in [1.54, 1.807) is 0 Å². The van der Waals surface area contributed by atoms with Crippen LogP contribution in [0.5, 0.6) is 0 Å². The van der Waals surface area contributed by atoms with Crippen LogP contribution in [-0.2, 0) is 4.79 Å². The predicted octanol–water partition coefficient (Wildman–Crippen LogP) is 1.03. The average molecular weight is 172 g/mol. The summed E-state index contributed by atoms with van der Waals surface area (Å²) in [6, 6.07) is 0. The molecule has 0 aliphatic rings. The molecule has 0 unspecified atom stereocenters. The predicted molar refractivity (Wildman–Crippen MR) is 50.8 cm³/mol. The van der Waals surface area contributed by atoms with Crippen molar-refractivity contribution in [1.29, 1.82) is 0 Å². The number of hydrogen-bond acceptors (Lipinski definition) is 2. The Hall–Kier alpha value is -0.570. The fraction of sp³-hybridized carbons (Fsp3) is 0.889. The Bertz CT molecular complexity index is 143. The monoisotopic (exact) mass is 172 g/mol. The van der Waals surface area contributed by atoms with Crippen LogP contribution < -0.4 is 11.1 Å². The van der Waals surface area contributed by atoms with E-state index in [4.69, 9.17) is 5.73 Å². The summed E-state index contributed by atoms with van der Waals surface area (Å²) in [5.41, 5.74) is 5.21. The normalized spacial score (nSPS) is 11.3. The summed E-state index contributed by atoms with van der Waals surface area (Å²) in [4.78, 5) is 11.2. The fourth-order valence-corrected chi connectivity index (χ4v) is 0.828. The van der Waals surface area contributed by atoms with E-state index in [1.807, 2.05) is 13.8 Å². The molecular weight excluding hydrogens is 152 g/mol. The Morgan fingerprint density at radius 3 is 2.50 bits per heavy atom. The van der Waals surface area contributed by atoms with Crippen LogP contribution in [0.25, 0.3) is 0 Å². The maximum atomic E-state index is 11.2. The minimum Gasteiger partial charge on any atom is -0.350 e. The van der Waals surface area contributed by atoms with E-state index in [9.17, 15) is 4.79 Å². The van der Waals surface area contributed by atoms with E-state index in [-0.39, 0.29) is 11.4 Å². The molecule has 0 spiro atoms. The van der Waals surface area contributed by atoms with Crippen LogP contribution in [0.15, 0.2) is 0 Å². The maximum Gasteiger partial charge on any atom is 0.220 e. The second-order valence-electron chi connectivity index (χ2n) is 3.74. The van der Waals surface area contributed by atoms with E-state index in [2.05, 4.69) is 12.2 Å². The third-order valence-corrected chi connectivity index (χ3v) is 1.75. The SMILES string of the molecule is CCCCC(=O)NC(C)(C)CN. The van der Waals surface area contributed by atoms with Crippen molar-refractivity contribution in [3.05, 3.63) is 0 Å². The smallest absolute Gasteiger partial charge is 0.220 e. The molecule has 0 aromatic heterocycles. The number of carbonyl (C=O) groups excluding carboxylic acids is 1. The van der Waals surface area contributed by atoms with Crippen LogP contribution in [0.1, 0.15) is 40.0 Å².